The maximum atomic E-state index is 13.6. The van der Waals surface area contributed by atoms with Gasteiger partial charge < -0.3 is 19.6 Å². The van der Waals surface area contributed by atoms with E-state index in [0.29, 0.717) is 6.07 Å². The Hall–Kier alpha value is -2.99. The lowest BCUT2D eigenvalue weighted by Gasteiger charge is -2.22. The molecule has 168 valence electrons. The molecule has 0 unspecified atom stereocenters. The highest BCUT2D eigenvalue weighted by atomic mass is 19.4. The quantitative estimate of drug-likeness (QED) is 0.684. The number of alkyl halides is 5. The van der Waals surface area contributed by atoms with Gasteiger partial charge in [0.25, 0.3) is 17.4 Å². The lowest BCUT2D eigenvalue weighted by Crippen LogP contribution is -2.42. The van der Waals surface area contributed by atoms with Crippen LogP contribution in [0.15, 0.2) is 21.3 Å². The van der Waals surface area contributed by atoms with Gasteiger partial charge in [-0.1, -0.05) is 12.0 Å². The van der Waals surface area contributed by atoms with Crippen LogP contribution in [-0.4, -0.2) is 51.0 Å². The second-order valence-corrected chi connectivity index (χ2v) is 7.80. The molecule has 2 aromatic rings. The van der Waals surface area contributed by atoms with Crippen molar-refractivity contribution in [1.82, 2.24) is 20.1 Å². The summed E-state index contributed by atoms with van der Waals surface area (Å²) in [5, 5.41) is 10.0. The molecule has 2 aromatic heterocycles. The van der Waals surface area contributed by atoms with Crippen LogP contribution in [0.1, 0.15) is 31.9 Å². The number of carbonyl (C=O) groups excluding carboxylic acids is 1. The number of halogens is 5. The molecule has 1 spiro atoms. The molecule has 8 nitrogen and oxygen atoms in total. The Kier molecular flexibility index (Phi) is 4.81. The van der Waals surface area contributed by atoms with Crippen molar-refractivity contribution in [3.05, 3.63) is 28.2 Å². The number of nitrogens with one attached hydrogen (secondary N) is 2. The molecule has 2 atom stereocenters. The predicted molar refractivity (Wildman–Crippen MR) is 96.3 cm³/mol. The first kappa shape index (κ1) is 21.2. The number of anilines is 1. The summed E-state index contributed by atoms with van der Waals surface area (Å²) in [5.41, 5.74) is -3.69. The van der Waals surface area contributed by atoms with Crippen LogP contribution in [0, 0.1) is 5.41 Å². The zero-order valence-electron chi connectivity index (χ0n) is 16.2. The minimum atomic E-state index is -4.72. The van der Waals surface area contributed by atoms with Crippen molar-refractivity contribution in [2.24, 2.45) is 5.41 Å². The molecule has 2 N–H and O–H groups in total. The van der Waals surface area contributed by atoms with Gasteiger partial charge in [-0.2, -0.15) is 13.2 Å². The van der Waals surface area contributed by atoms with E-state index in [9.17, 15) is 31.5 Å². The van der Waals surface area contributed by atoms with Crippen LogP contribution >= 0.6 is 0 Å². The molecule has 0 radical (unpaired) electrons. The van der Waals surface area contributed by atoms with Crippen molar-refractivity contribution < 1.29 is 31.2 Å². The van der Waals surface area contributed by atoms with Gasteiger partial charge in [0.1, 0.15) is 17.3 Å². The molecule has 1 amide bonds. The Bertz CT molecular complexity index is 1070. The van der Waals surface area contributed by atoms with Crippen LogP contribution in [0.4, 0.5) is 28.0 Å². The molecule has 3 heterocycles. The van der Waals surface area contributed by atoms with Crippen LogP contribution in [0.2, 0.25) is 0 Å². The van der Waals surface area contributed by atoms with Crippen molar-refractivity contribution in [2.75, 3.05) is 18.4 Å². The highest BCUT2D eigenvalue weighted by Gasteiger charge is 2.73. The van der Waals surface area contributed by atoms with Crippen molar-refractivity contribution in [3.63, 3.8) is 0 Å². The maximum Gasteiger partial charge on any atom is 0.431 e. The number of hydrogen-bond acceptors (Lipinski definition) is 6. The number of aromatic amines is 1. The average molecular weight is 447 g/mol. The molecule has 1 aliphatic carbocycles. The zero-order chi connectivity index (χ0) is 22.6. The Morgan fingerprint density at radius 3 is 2.61 bits per heavy atom. The number of hydrogen-bond donors (Lipinski definition) is 2. The number of rotatable bonds is 5. The standard InChI is InChI=1S/C18H18F5N5O3/c1-2-10(14(30)28-6-5-16(8-28)7-17(16,19)20)24-15-27-26-13(31-15)9-3-4-11(18(21,22)23)25-12(9)29/h3-4,10H,2,5-8H2,1H3,(H,24,27)(H,25,29)/t10-,16+/m1/s1. The summed E-state index contributed by atoms with van der Waals surface area (Å²) in [7, 11) is 0. The summed E-state index contributed by atoms with van der Waals surface area (Å²) in [4.78, 5) is 27.8. The van der Waals surface area contributed by atoms with E-state index >= 15 is 0 Å². The molecule has 31 heavy (non-hydrogen) atoms. The first-order chi connectivity index (χ1) is 14.5. The van der Waals surface area contributed by atoms with Crippen LogP contribution in [0.3, 0.4) is 0 Å². The summed E-state index contributed by atoms with van der Waals surface area (Å²) >= 11 is 0. The molecule has 2 aliphatic rings. The van der Waals surface area contributed by atoms with Gasteiger partial charge in [-0.25, -0.2) is 8.78 Å². The van der Waals surface area contributed by atoms with Gasteiger partial charge in [0.05, 0.1) is 5.41 Å². The van der Waals surface area contributed by atoms with E-state index in [-0.39, 0.29) is 49.8 Å². The zero-order valence-corrected chi connectivity index (χ0v) is 16.2. The molecule has 0 bridgehead atoms. The van der Waals surface area contributed by atoms with E-state index in [1.807, 2.05) is 0 Å². The SMILES string of the molecule is CC[C@@H](Nc1nnc(-c2ccc(C(F)(F)F)[nH]c2=O)o1)C(=O)N1CC[C@@]2(C1)CC2(F)F. The van der Waals surface area contributed by atoms with Gasteiger partial charge in [-0.15, -0.1) is 5.10 Å². The van der Waals surface area contributed by atoms with Crippen molar-refractivity contribution in [3.8, 4) is 11.5 Å². The summed E-state index contributed by atoms with van der Waals surface area (Å²) in [6.45, 7) is 1.90. The normalized spacial score (nSPS) is 23.2. The second kappa shape index (κ2) is 7.02. The summed E-state index contributed by atoms with van der Waals surface area (Å²) < 4.78 is 70.5. The first-order valence-corrected chi connectivity index (χ1v) is 9.53. The second-order valence-electron chi connectivity index (χ2n) is 7.80. The first-order valence-electron chi connectivity index (χ1n) is 9.53. The Morgan fingerprint density at radius 1 is 1.35 bits per heavy atom. The Morgan fingerprint density at radius 2 is 2.06 bits per heavy atom. The molecule has 1 saturated heterocycles. The molecule has 0 aromatic carbocycles. The molecule has 13 heteroatoms. The molecule has 4 rings (SSSR count). The Labute approximate surface area is 171 Å². The summed E-state index contributed by atoms with van der Waals surface area (Å²) in [6.07, 6.45) is -4.41. The number of nitrogens with zero attached hydrogens (tertiary/aromatic N) is 3. The molecule has 1 saturated carbocycles. The topological polar surface area (TPSA) is 104 Å². The van der Waals surface area contributed by atoms with Gasteiger partial charge in [0.2, 0.25) is 5.91 Å². The minimum Gasteiger partial charge on any atom is -0.403 e. The highest BCUT2D eigenvalue weighted by molar-refractivity contribution is 5.84. The summed E-state index contributed by atoms with van der Waals surface area (Å²) in [5.74, 6) is -3.47. The van der Waals surface area contributed by atoms with Crippen molar-refractivity contribution in [2.45, 2.75) is 44.3 Å². The molecule has 1 aliphatic heterocycles. The fraction of sp³-hybridized carbons (Fsp3) is 0.556. The maximum absolute atomic E-state index is 13.6. The average Bonchev–Trinajstić information content (AvgIpc) is 3.07. The van der Waals surface area contributed by atoms with Gasteiger partial charge in [-0.3, -0.25) is 9.59 Å². The minimum absolute atomic E-state index is 0.0208. The predicted octanol–water partition coefficient (Wildman–Crippen LogP) is 2.89. The number of carbonyl (C=O) groups is 1. The van der Waals surface area contributed by atoms with E-state index in [1.54, 1.807) is 11.9 Å². The third kappa shape index (κ3) is 3.76. The third-order valence-corrected chi connectivity index (χ3v) is 5.75. The van der Waals surface area contributed by atoms with Gasteiger partial charge in [-0.05, 0) is 25.0 Å². The van der Waals surface area contributed by atoms with Crippen molar-refractivity contribution >= 4 is 11.9 Å². The highest BCUT2D eigenvalue weighted by Crippen LogP contribution is 2.65. The Balaban J connectivity index is 1.46. The number of aromatic nitrogens is 3. The number of likely N-dealkylation sites (tertiary alicyclic amines) is 1. The van der Waals surface area contributed by atoms with Crippen molar-refractivity contribution in [1.29, 1.82) is 0 Å². The van der Waals surface area contributed by atoms with E-state index in [0.717, 1.165) is 6.07 Å². The van der Waals surface area contributed by atoms with E-state index in [4.69, 9.17) is 4.42 Å². The van der Waals surface area contributed by atoms with Gasteiger partial charge >= 0.3 is 12.2 Å². The fourth-order valence-corrected chi connectivity index (χ4v) is 3.79. The fourth-order valence-electron chi connectivity index (χ4n) is 3.79. The van der Waals surface area contributed by atoms with E-state index < -0.39 is 40.7 Å². The number of H-pyrrole nitrogens is 1. The van der Waals surface area contributed by atoms with E-state index in [1.165, 1.54) is 4.90 Å². The molecular formula is C18H18F5N5O3. The van der Waals surface area contributed by atoms with E-state index in [2.05, 4.69) is 15.5 Å². The van der Waals surface area contributed by atoms with Crippen LogP contribution < -0.4 is 10.9 Å². The number of pyridine rings is 1. The number of amides is 1. The smallest absolute Gasteiger partial charge is 0.403 e. The largest absolute Gasteiger partial charge is 0.431 e. The third-order valence-electron chi connectivity index (χ3n) is 5.75. The van der Waals surface area contributed by atoms with Gasteiger partial charge in [0.15, 0.2) is 0 Å². The lowest BCUT2D eigenvalue weighted by atomic mass is 10.1. The molecular weight excluding hydrogens is 429 g/mol. The van der Waals surface area contributed by atoms with Gasteiger partial charge in [0, 0.05) is 19.5 Å². The van der Waals surface area contributed by atoms with Crippen LogP contribution in [-0.2, 0) is 11.0 Å². The monoisotopic (exact) mass is 447 g/mol. The molecule has 2 fully saturated rings. The lowest BCUT2D eigenvalue weighted by molar-refractivity contribution is -0.141. The van der Waals surface area contributed by atoms with Crippen LogP contribution in [0.25, 0.3) is 11.5 Å². The van der Waals surface area contributed by atoms with Crippen LogP contribution in [0.5, 0.6) is 0 Å². The summed E-state index contributed by atoms with van der Waals surface area (Å²) in [6, 6.07) is 0.520.